The van der Waals surface area contributed by atoms with Crippen molar-refractivity contribution in [3.8, 4) is 0 Å². The predicted molar refractivity (Wildman–Crippen MR) is 87.5 cm³/mol. The van der Waals surface area contributed by atoms with Gasteiger partial charge in [-0.05, 0) is 43.4 Å². The van der Waals surface area contributed by atoms with Gasteiger partial charge in [-0.1, -0.05) is 11.6 Å². The lowest BCUT2D eigenvalue weighted by atomic mass is 10.2. The van der Waals surface area contributed by atoms with Crippen molar-refractivity contribution in [3.63, 3.8) is 0 Å². The molecule has 2 aromatic rings. The maximum Gasteiger partial charge on any atom is 0.253 e. The molecule has 0 unspecified atom stereocenters. The van der Waals surface area contributed by atoms with Crippen LogP contribution in [0.4, 0.5) is 5.69 Å². The van der Waals surface area contributed by atoms with Crippen LogP contribution >= 0.6 is 23.8 Å². The molecule has 3 rings (SSSR count). The van der Waals surface area contributed by atoms with E-state index in [-0.39, 0.29) is 17.4 Å². The van der Waals surface area contributed by atoms with Crippen molar-refractivity contribution >= 4 is 57.1 Å². The minimum Gasteiger partial charge on any atom is -0.289 e. The van der Waals surface area contributed by atoms with E-state index >= 15 is 0 Å². The van der Waals surface area contributed by atoms with Crippen LogP contribution in [0, 0.1) is 0 Å². The zero-order chi connectivity index (χ0) is 15.0. The number of aliphatic imine (C=N–C) groups is 1. The molecule has 5 nitrogen and oxygen atoms in total. The molecule has 1 N–H and O–H groups in total. The molecule has 0 spiro atoms. The van der Waals surface area contributed by atoms with Gasteiger partial charge in [-0.25, -0.2) is 4.99 Å². The van der Waals surface area contributed by atoms with Crippen LogP contribution in [0.3, 0.4) is 0 Å². The number of pyridine rings is 1. The summed E-state index contributed by atoms with van der Waals surface area (Å²) in [6.07, 6.45) is 1.90. The number of hydrogen-bond acceptors (Lipinski definition) is 4. The van der Waals surface area contributed by atoms with Gasteiger partial charge >= 0.3 is 0 Å². The first kappa shape index (κ1) is 13.9. The van der Waals surface area contributed by atoms with Gasteiger partial charge in [0, 0.05) is 22.3 Å². The SMILES string of the molecule is CC1=NC(=S)N(Nc2ccnc3cc(Cl)ccc23)C(=O)C1. The van der Waals surface area contributed by atoms with E-state index in [0.29, 0.717) is 5.02 Å². The van der Waals surface area contributed by atoms with Crippen molar-refractivity contribution in [2.24, 2.45) is 4.99 Å². The number of hydrogen-bond donors (Lipinski definition) is 1. The molecule has 2 heterocycles. The molecular weight excluding hydrogens is 308 g/mol. The lowest BCUT2D eigenvalue weighted by Gasteiger charge is -2.26. The van der Waals surface area contributed by atoms with E-state index < -0.39 is 0 Å². The van der Waals surface area contributed by atoms with E-state index in [1.54, 1.807) is 31.3 Å². The Bertz CT molecular complexity index is 790. The predicted octanol–water partition coefficient (Wildman–Crippen LogP) is 3.19. The number of anilines is 1. The van der Waals surface area contributed by atoms with Gasteiger partial charge in [0.2, 0.25) is 5.11 Å². The molecule has 0 fully saturated rings. The number of nitrogens with one attached hydrogen (secondary N) is 1. The van der Waals surface area contributed by atoms with Crippen molar-refractivity contribution in [1.29, 1.82) is 0 Å². The third-order valence-corrected chi connectivity index (χ3v) is 3.58. The Labute approximate surface area is 131 Å². The molecule has 106 valence electrons. The second-order valence-electron chi connectivity index (χ2n) is 4.67. The summed E-state index contributed by atoms with van der Waals surface area (Å²) in [6, 6.07) is 7.16. The fourth-order valence-corrected chi connectivity index (χ4v) is 2.58. The molecular formula is C14H11ClN4OS. The Morgan fingerprint density at radius 3 is 2.95 bits per heavy atom. The topological polar surface area (TPSA) is 57.6 Å². The summed E-state index contributed by atoms with van der Waals surface area (Å²) in [7, 11) is 0. The third-order valence-electron chi connectivity index (χ3n) is 3.07. The smallest absolute Gasteiger partial charge is 0.253 e. The Hall–Kier alpha value is -2.05. The molecule has 1 aliphatic heterocycles. The first-order valence-corrected chi connectivity index (χ1v) is 7.05. The van der Waals surface area contributed by atoms with Crippen LogP contribution in [0.5, 0.6) is 0 Å². The molecule has 0 radical (unpaired) electrons. The summed E-state index contributed by atoms with van der Waals surface area (Å²) in [5, 5.41) is 2.95. The van der Waals surface area contributed by atoms with Gasteiger partial charge in [0.05, 0.1) is 17.6 Å². The summed E-state index contributed by atoms with van der Waals surface area (Å²) < 4.78 is 0. The maximum absolute atomic E-state index is 12.1. The highest BCUT2D eigenvalue weighted by molar-refractivity contribution is 7.80. The Morgan fingerprint density at radius 2 is 2.19 bits per heavy atom. The van der Waals surface area contributed by atoms with Crippen molar-refractivity contribution in [2.45, 2.75) is 13.3 Å². The molecule has 0 aliphatic carbocycles. The summed E-state index contributed by atoms with van der Waals surface area (Å²) in [4.78, 5) is 20.5. The summed E-state index contributed by atoms with van der Waals surface area (Å²) in [6.45, 7) is 1.78. The molecule has 0 bridgehead atoms. The summed E-state index contributed by atoms with van der Waals surface area (Å²) in [5.74, 6) is -0.133. The highest BCUT2D eigenvalue weighted by Gasteiger charge is 2.24. The lowest BCUT2D eigenvalue weighted by Crippen LogP contribution is -2.43. The van der Waals surface area contributed by atoms with E-state index in [9.17, 15) is 4.79 Å². The van der Waals surface area contributed by atoms with Gasteiger partial charge in [-0.3, -0.25) is 15.2 Å². The number of carbonyl (C=O) groups is 1. The van der Waals surface area contributed by atoms with Crippen LogP contribution in [-0.2, 0) is 4.79 Å². The molecule has 1 aliphatic rings. The highest BCUT2D eigenvalue weighted by Crippen LogP contribution is 2.25. The standard InChI is InChI=1S/C14H11ClN4OS/c1-8-6-13(20)19(14(21)17-8)18-11-4-5-16-12-7-9(15)2-3-10(11)12/h2-5,7H,6H2,1H3,(H,16,18). The zero-order valence-electron chi connectivity index (χ0n) is 11.1. The Kier molecular flexibility index (Phi) is 3.57. The van der Waals surface area contributed by atoms with Crippen LogP contribution in [0.15, 0.2) is 35.5 Å². The molecule has 0 saturated heterocycles. The Morgan fingerprint density at radius 1 is 1.38 bits per heavy atom. The molecule has 0 saturated carbocycles. The minimum atomic E-state index is -0.133. The first-order chi connectivity index (χ1) is 10.0. The number of hydrazine groups is 1. The largest absolute Gasteiger partial charge is 0.289 e. The first-order valence-electron chi connectivity index (χ1n) is 6.26. The van der Waals surface area contributed by atoms with Gasteiger partial charge in [-0.15, -0.1) is 0 Å². The van der Waals surface area contributed by atoms with E-state index in [1.807, 2.05) is 6.07 Å². The number of fused-ring (bicyclic) bond motifs is 1. The lowest BCUT2D eigenvalue weighted by molar-refractivity contribution is -0.125. The molecule has 21 heavy (non-hydrogen) atoms. The summed E-state index contributed by atoms with van der Waals surface area (Å²) >= 11 is 11.1. The number of carbonyl (C=O) groups excluding carboxylic acids is 1. The quantitative estimate of drug-likeness (QED) is 0.864. The molecule has 7 heteroatoms. The second kappa shape index (κ2) is 5.38. The van der Waals surface area contributed by atoms with Gasteiger partial charge in [0.25, 0.3) is 5.91 Å². The average Bonchev–Trinajstić information content (AvgIpc) is 2.42. The van der Waals surface area contributed by atoms with Gasteiger partial charge in [0.15, 0.2) is 0 Å². The number of benzene rings is 1. The number of aromatic nitrogens is 1. The van der Waals surface area contributed by atoms with E-state index in [1.165, 1.54) is 5.01 Å². The molecule has 0 atom stereocenters. The number of halogens is 1. The highest BCUT2D eigenvalue weighted by atomic mass is 35.5. The maximum atomic E-state index is 12.1. The minimum absolute atomic E-state index is 0.133. The van der Waals surface area contributed by atoms with Gasteiger partial charge in [-0.2, -0.15) is 5.01 Å². The number of nitrogens with zero attached hydrogens (tertiary/aromatic N) is 3. The van der Waals surface area contributed by atoms with E-state index in [0.717, 1.165) is 22.3 Å². The van der Waals surface area contributed by atoms with Crippen molar-refractivity contribution in [3.05, 3.63) is 35.5 Å². The molecule has 1 aromatic carbocycles. The van der Waals surface area contributed by atoms with Gasteiger partial charge < -0.3 is 0 Å². The van der Waals surface area contributed by atoms with Crippen LogP contribution in [0.25, 0.3) is 10.9 Å². The number of rotatable bonds is 2. The number of amides is 1. The third kappa shape index (κ3) is 2.72. The van der Waals surface area contributed by atoms with E-state index in [4.69, 9.17) is 23.8 Å². The van der Waals surface area contributed by atoms with Crippen molar-refractivity contribution in [2.75, 3.05) is 5.43 Å². The summed E-state index contributed by atoms with van der Waals surface area (Å²) in [5.41, 5.74) is 5.20. The number of thiocarbonyl (C=S) groups is 1. The van der Waals surface area contributed by atoms with Crippen molar-refractivity contribution in [1.82, 2.24) is 9.99 Å². The fraction of sp³-hybridized carbons (Fsp3) is 0.143. The van der Waals surface area contributed by atoms with Crippen molar-refractivity contribution < 1.29 is 4.79 Å². The average molecular weight is 319 g/mol. The molecule has 1 amide bonds. The van der Waals surface area contributed by atoms with Crippen LogP contribution in [0.2, 0.25) is 5.02 Å². The van der Waals surface area contributed by atoms with Crippen LogP contribution < -0.4 is 5.43 Å². The van der Waals surface area contributed by atoms with Gasteiger partial charge in [0.1, 0.15) is 0 Å². The normalized spacial score (nSPS) is 15.3. The monoisotopic (exact) mass is 318 g/mol. The molecule has 1 aromatic heterocycles. The van der Waals surface area contributed by atoms with E-state index in [2.05, 4.69) is 15.4 Å². The van der Waals surface area contributed by atoms with Crippen LogP contribution in [0.1, 0.15) is 13.3 Å². The van der Waals surface area contributed by atoms with Crippen LogP contribution in [-0.4, -0.2) is 26.7 Å². The Balaban J connectivity index is 1.99. The fourth-order valence-electron chi connectivity index (χ4n) is 2.11. The zero-order valence-corrected chi connectivity index (χ0v) is 12.7. The second-order valence-corrected chi connectivity index (χ2v) is 5.47.